The Morgan fingerprint density at radius 3 is 2.52 bits per heavy atom. The molecule has 3 N–H and O–H groups in total. The third-order valence-electron chi connectivity index (χ3n) is 6.82. The van der Waals surface area contributed by atoms with Crippen molar-refractivity contribution in [1.29, 1.82) is 0 Å². The smallest absolute Gasteiger partial charge is 0.290 e. The summed E-state index contributed by atoms with van der Waals surface area (Å²) in [5.41, 5.74) is 2.51. The molecule has 44 heavy (non-hydrogen) atoms. The Morgan fingerprint density at radius 1 is 1.14 bits per heavy atom. The Morgan fingerprint density at radius 2 is 1.86 bits per heavy atom. The predicted octanol–water partition coefficient (Wildman–Crippen LogP) is 3.56. The van der Waals surface area contributed by atoms with Gasteiger partial charge in [-0.05, 0) is 38.0 Å². The number of allylic oxidation sites excluding steroid dienone is 1. The Balaban J connectivity index is 0.00000169. The second kappa shape index (κ2) is 16.8. The standard InChI is InChI=1S/C31H40N6O4.CH2O2/c1-21(2)13-15-36-16-14-32-31(39)24-11-12-25(40-5)26(19-24)41-18-17-37-30(28(22(3)4)33-27(38)20-36)34-29(35-37)23-9-7-6-8-10-23;2-1-3/h6-13,19,22,28H,14-18,20H2,1-5H3,(H,32,39)(H,33,38);1H,(H,2,3)/t28-;/m1./s1. The molecule has 0 saturated heterocycles. The van der Waals surface area contributed by atoms with Crippen LogP contribution in [0, 0.1) is 5.92 Å². The Kier molecular flexibility index (Phi) is 12.9. The zero-order valence-corrected chi connectivity index (χ0v) is 25.9. The van der Waals surface area contributed by atoms with E-state index in [4.69, 9.17) is 29.5 Å². The topological polar surface area (TPSA) is 148 Å². The van der Waals surface area contributed by atoms with Crippen LogP contribution in [0.4, 0.5) is 0 Å². The van der Waals surface area contributed by atoms with Gasteiger partial charge in [0.25, 0.3) is 12.4 Å². The molecule has 1 aliphatic rings. The average molecular weight is 607 g/mol. The quantitative estimate of drug-likeness (QED) is 0.293. The summed E-state index contributed by atoms with van der Waals surface area (Å²) in [4.78, 5) is 41.6. The number of nitrogens with one attached hydrogen (secondary N) is 2. The van der Waals surface area contributed by atoms with E-state index in [9.17, 15) is 9.59 Å². The van der Waals surface area contributed by atoms with Gasteiger partial charge in [-0.15, -0.1) is 0 Å². The van der Waals surface area contributed by atoms with E-state index in [0.717, 1.165) is 11.1 Å². The monoisotopic (exact) mass is 606 g/mol. The molecule has 2 bridgehead atoms. The second-order valence-electron chi connectivity index (χ2n) is 10.8. The molecule has 4 rings (SSSR count). The first-order chi connectivity index (χ1) is 21.2. The SMILES string of the molecule is COc1ccc2cc1OCCn1nc(-c3ccccc3)nc1[C@@H](C(C)C)NC(=O)CN(CC=C(C)C)CCNC2=O.O=CO. The largest absolute Gasteiger partial charge is 0.493 e. The zero-order chi connectivity index (χ0) is 32.1. The van der Waals surface area contributed by atoms with Crippen LogP contribution < -0.4 is 20.1 Å². The molecule has 0 radical (unpaired) electrons. The van der Waals surface area contributed by atoms with Crippen LogP contribution in [0.1, 0.15) is 49.9 Å². The van der Waals surface area contributed by atoms with Crippen LogP contribution in [0.3, 0.4) is 0 Å². The maximum atomic E-state index is 13.4. The lowest BCUT2D eigenvalue weighted by atomic mass is 10.0. The maximum absolute atomic E-state index is 13.4. The van der Waals surface area contributed by atoms with Gasteiger partial charge in [0, 0.05) is 30.8 Å². The number of benzene rings is 2. The fraction of sp³-hybridized carbons (Fsp3) is 0.406. The highest BCUT2D eigenvalue weighted by molar-refractivity contribution is 5.94. The van der Waals surface area contributed by atoms with Crippen LogP contribution in [-0.4, -0.2) is 83.0 Å². The molecule has 0 aliphatic carbocycles. The fourth-order valence-electron chi connectivity index (χ4n) is 4.56. The third kappa shape index (κ3) is 9.66. The molecule has 2 heterocycles. The summed E-state index contributed by atoms with van der Waals surface area (Å²) in [6.07, 6.45) is 2.08. The summed E-state index contributed by atoms with van der Waals surface area (Å²) in [5, 5.41) is 17.9. The van der Waals surface area contributed by atoms with E-state index in [1.807, 2.05) is 49.1 Å². The van der Waals surface area contributed by atoms with Crippen LogP contribution in [-0.2, 0) is 16.1 Å². The van der Waals surface area contributed by atoms with Gasteiger partial charge in [0.15, 0.2) is 23.1 Å². The molecular formula is C32H42N6O6. The van der Waals surface area contributed by atoms with Gasteiger partial charge >= 0.3 is 0 Å². The number of carbonyl (C=O) groups is 3. The highest BCUT2D eigenvalue weighted by Crippen LogP contribution is 2.29. The molecule has 12 nitrogen and oxygen atoms in total. The molecular weight excluding hydrogens is 564 g/mol. The Labute approximate surface area is 258 Å². The van der Waals surface area contributed by atoms with Crippen molar-refractivity contribution in [2.45, 2.75) is 40.3 Å². The summed E-state index contributed by atoms with van der Waals surface area (Å²) >= 11 is 0. The minimum Gasteiger partial charge on any atom is -0.493 e. The predicted molar refractivity (Wildman–Crippen MR) is 167 cm³/mol. The van der Waals surface area contributed by atoms with E-state index in [1.54, 1.807) is 30.0 Å². The summed E-state index contributed by atoms with van der Waals surface area (Å²) in [6.45, 7) is 10.2. The molecule has 3 aromatic rings. The Hall–Kier alpha value is -4.71. The van der Waals surface area contributed by atoms with E-state index >= 15 is 0 Å². The Bertz CT molecular complexity index is 1420. The molecule has 0 fully saturated rings. The number of hydrogen-bond acceptors (Lipinski definition) is 8. The van der Waals surface area contributed by atoms with Gasteiger partial charge in [0.05, 0.1) is 26.2 Å². The number of fused-ring (bicyclic) bond motifs is 3. The molecule has 12 heteroatoms. The molecule has 1 atom stereocenters. The summed E-state index contributed by atoms with van der Waals surface area (Å²) in [6, 6.07) is 14.5. The summed E-state index contributed by atoms with van der Waals surface area (Å²) < 4.78 is 13.4. The normalized spacial score (nSPS) is 16.2. The summed E-state index contributed by atoms with van der Waals surface area (Å²) in [5.74, 6) is 1.95. The van der Waals surface area contributed by atoms with Crippen molar-refractivity contribution in [3.8, 4) is 22.9 Å². The number of hydrogen-bond donors (Lipinski definition) is 3. The van der Waals surface area contributed by atoms with E-state index < -0.39 is 0 Å². The van der Waals surface area contributed by atoms with Gasteiger partial charge in [-0.2, -0.15) is 5.10 Å². The van der Waals surface area contributed by atoms with Crippen molar-refractivity contribution >= 4 is 18.3 Å². The number of nitrogens with zero attached hydrogens (tertiary/aromatic N) is 4. The van der Waals surface area contributed by atoms with Gasteiger partial charge in [0.1, 0.15) is 6.61 Å². The van der Waals surface area contributed by atoms with Crippen LogP contribution in [0.25, 0.3) is 11.4 Å². The molecule has 2 aromatic carbocycles. The second-order valence-corrected chi connectivity index (χ2v) is 10.8. The first kappa shape index (κ1) is 33.8. The molecule has 236 valence electrons. The van der Waals surface area contributed by atoms with Gasteiger partial charge in [-0.1, -0.05) is 55.8 Å². The molecule has 0 saturated carbocycles. The molecule has 1 aliphatic heterocycles. The van der Waals surface area contributed by atoms with Crippen molar-refractivity contribution in [2.75, 3.05) is 39.9 Å². The number of rotatable bonds is 5. The number of carboxylic acid groups (broad SMARTS) is 1. The van der Waals surface area contributed by atoms with Gasteiger partial charge < -0.3 is 25.2 Å². The maximum Gasteiger partial charge on any atom is 0.290 e. The lowest BCUT2D eigenvalue weighted by Crippen LogP contribution is -2.43. The van der Waals surface area contributed by atoms with Gasteiger partial charge in [-0.25, -0.2) is 9.67 Å². The lowest BCUT2D eigenvalue weighted by Gasteiger charge is -2.25. The highest BCUT2D eigenvalue weighted by atomic mass is 16.5. The average Bonchev–Trinajstić information content (AvgIpc) is 3.42. The number of carbonyl (C=O) groups excluding carboxylic acids is 2. The lowest BCUT2D eigenvalue weighted by molar-refractivity contribution is -0.124. The zero-order valence-electron chi connectivity index (χ0n) is 25.9. The first-order valence-corrected chi connectivity index (χ1v) is 14.5. The minimum absolute atomic E-state index is 0.0517. The minimum atomic E-state index is -0.369. The fourth-order valence-corrected chi connectivity index (χ4v) is 4.56. The molecule has 0 unspecified atom stereocenters. The van der Waals surface area contributed by atoms with E-state index in [1.165, 1.54) is 0 Å². The number of amides is 2. The van der Waals surface area contributed by atoms with E-state index in [-0.39, 0.29) is 43.4 Å². The van der Waals surface area contributed by atoms with Crippen molar-refractivity contribution in [1.82, 2.24) is 30.3 Å². The first-order valence-electron chi connectivity index (χ1n) is 14.5. The third-order valence-corrected chi connectivity index (χ3v) is 6.82. The number of aromatic nitrogens is 3. The van der Waals surface area contributed by atoms with Gasteiger partial charge in [0.2, 0.25) is 5.91 Å². The molecule has 1 aromatic heterocycles. The highest BCUT2D eigenvalue weighted by Gasteiger charge is 2.26. The van der Waals surface area contributed by atoms with Gasteiger partial charge in [-0.3, -0.25) is 19.3 Å². The summed E-state index contributed by atoms with van der Waals surface area (Å²) in [7, 11) is 1.57. The van der Waals surface area contributed by atoms with Crippen LogP contribution >= 0.6 is 0 Å². The molecule has 0 spiro atoms. The van der Waals surface area contributed by atoms with E-state index in [2.05, 4.69) is 30.6 Å². The van der Waals surface area contributed by atoms with Crippen LogP contribution in [0.15, 0.2) is 60.2 Å². The van der Waals surface area contributed by atoms with Crippen molar-refractivity contribution in [3.05, 3.63) is 71.6 Å². The van der Waals surface area contributed by atoms with Crippen LogP contribution in [0.5, 0.6) is 11.5 Å². The number of methoxy groups -OCH3 is 1. The number of ether oxygens (including phenoxy) is 2. The van der Waals surface area contributed by atoms with Crippen LogP contribution in [0.2, 0.25) is 0 Å². The van der Waals surface area contributed by atoms with E-state index in [0.29, 0.717) is 54.9 Å². The van der Waals surface area contributed by atoms with Crippen molar-refractivity contribution < 1.29 is 29.0 Å². The van der Waals surface area contributed by atoms with Crippen molar-refractivity contribution in [3.63, 3.8) is 0 Å². The molecule has 2 amide bonds. The van der Waals surface area contributed by atoms with Crippen molar-refractivity contribution in [2.24, 2.45) is 5.92 Å².